The minimum absolute atomic E-state index is 0.164. The number of halogens is 2. The molecule has 0 amide bonds. The zero-order chi connectivity index (χ0) is 16.4. The van der Waals surface area contributed by atoms with Crippen molar-refractivity contribution in [3.05, 3.63) is 28.5 Å². The van der Waals surface area contributed by atoms with Crippen molar-refractivity contribution in [1.29, 1.82) is 0 Å². The molecule has 0 aromatic heterocycles. The second kappa shape index (κ2) is 6.29. The maximum atomic E-state index is 14.1. The number of carboxylic acids is 1. The molecule has 0 bridgehead atoms. The van der Waals surface area contributed by atoms with Gasteiger partial charge in [-0.3, -0.25) is 0 Å². The molecule has 0 aliphatic heterocycles. The number of carbonyl (C=O) groups is 1. The molecule has 5 nitrogen and oxygen atoms in total. The third-order valence-corrected chi connectivity index (χ3v) is 4.73. The van der Waals surface area contributed by atoms with Gasteiger partial charge in [0, 0.05) is 10.6 Å². The number of carboxylic acid groups (broad SMARTS) is 1. The van der Waals surface area contributed by atoms with Gasteiger partial charge in [-0.25, -0.2) is 22.3 Å². The van der Waals surface area contributed by atoms with E-state index in [1.54, 1.807) is 13.8 Å². The molecule has 2 N–H and O–H groups in total. The van der Waals surface area contributed by atoms with Crippen molar-refractivity contribution < 1.29 is 22.7 Å². The van der Waals surface area contributed by atoms with E-state index in [0.29, 0.717) is 6.42 Å². The van der Waals surface area contributed by atoms with E-state index in [1.807, 2.05) is 6.92 Å². The molecule has 21 heavy (non-hydrogen) atoms. The highest BCUT2D eigenvalue weighted by atomic mass is 35.5. The monoisotopic (exact) mass is 337 g/mol. The lowest BCUT2D eigenvalue weighted by molar-refractivity contribution is 0.0691. The van der Waals surface area contributed by atoms with Crippen molar-refractivity contribution in [1.82, 2.24) is 4.72 Å². The van der Waals surface area contributed by atoms with Gasteiger partial charge in [-0.15, -0.1) is 0 Å². The predicted octanol–water partition coefficient (Wildman–Crippen LogP) is 3.03. The van der Waals surface area contributed by atoms with Crippen LogP contribution in [0.3, 0.4) is 0 Å². The second-order valence-corrected chi connectivity index (χ2v) is 7.40. The van der Waals surface area contributed by atoms with Crippen molar-refractivity contribution in [2.24, 2.45) is 0 Å². The first-order valence-corrected chi connectivity index (χ1v) is 8.12. The first-order valence-electron chi connectivity index (χ1n) is 6.26. The molecule has 0 radical (unpaired) electrons. The third-order valence-electron chi connectivity index (χ3n) is 2.81. The average Bonchev–Trinajstić information content (AvgIpc) is 2.29. The fraction of sp³-hybridized carbons (Fsp3) is 0.462. The van der Waals surface area contributed by atoms with Gasteiger partial charge in [0.15, 0.2) is 5.82 Å². The molecule has 0 fully saturated rings. The lowest BCUT2D eigenvalue weighted by Gasteiger charge is -2.25. The Morgan fingerprint density at radius 3 is 2.48 bits per heavy atom. The summed E-state index contributed by atoms with van der Waals surface area (Å²) in [6.45, 7) is 5.21. The molecule has 8 heteroatoms. The standard InChI is InChI=1S/C13H17ClFNO4S/c1-4-5-13(2,3)16-21(19,20)10-7-8(14)6-9(11(10)15)12(17)18/h6-7,16H,4-5H2,1-3H3,(H,17,18). The number of aromatic carboxylic acids is 1. The molecule has 0 spiro atoms. The summed E-state index contributed by atoms with van der Waals surface area (Å²) in [5.74, 6) is -2.91. The maximum absolute atomic E-state index is 14.1. The van der Waals surface area contributed by atoms with Crippen LogP contribution in [0.25, 0.3) is 0 Å². The fourth-order valence-corrected chi connectivity index (χ4v) is 3.86. The van der Waals surface area contributed by atoms with E-state index >= 15 is 0 Å². The van der Waals surface area contributed by atoms with Crippen LogP contribution in [0.15, 0.2) is 17.0 Å². The van der Waals surface area contributed by atoms with E-state index in [4.69, 9.17) is 16.7 Å². The molecule has 0 atom stereocenters. The lowest BCUT2D eigenvalue weighted by Crippen LogP contribution is -2.43. The van der Waals surface area contributed by atoms with Crippen molar-refractivity contribution in [2.45, 2.75) is 44.0 Å². The van der Waals surface area contributed by atoms with Crippen LogP contribution in [-0.4, -0.2) is 25.0 Å². The van der Waals surface area contributed by atoms with E-state index in [2.05, 4.69) is 4.72 Å². The van der Waals surface area contributed by atoms with Crippen molar-refractivity contribution in [2.75, 3.05) is 0 Å². The van der Waals surface area contributed by atoms with Crippen LogP contribution in [0.1, 0.15) is 44.0 Å². The van der Waals surface area contributed by atoms with Gasteiger partial charge in [-0.2, -0.15) is 0 Å². The Morgan fingerprint density at radius 2 is 2.00 bits per heavy atom. The second-order valence-electron chi connectivity index (χ2n) is 5.31. The molecule has 1 aromatic rings. The smallest absolute Gasteiger partial charge is 0.338 e. The van der Waals surface area contributed by atoms with Crippen LogP contribution in [0.4, 0.5) is 4.39 Å². The highest BCUT2D eigenvalue weighted by Gasteiger charge is 2.30. The van der Waals surface area contributed by atoms with Gasteiger partial charge >= 0.3 is 5.97 Å². The molecule has 118 valence electrons. The van der Waals surface area contributed by atoms with Crippen LogP contribution >= 0.6 is 11.6 Å². The molecule has 0 saturated heterocycles. The van der Waals surface area contributed by atoms with E-state index in [0.717, 1.165) is 18.6 Å². The lowest BCUT2D eigenvalue weighted by atomic mass is 10.0. The van der Waals surface area contributed by atoms with Crippen molar-refractivity contribution >= 4 is 27.6 Å². The van der Waals surface area contributed by atoms with Gasteiger partial charge in [-0.1, -0.05) is 24.9 Å². The van der Waals surface area contributed by atoms with E-state index in [9.17, 15) is 17.6 Å². The summed E-state index contributed by atoms with van der Waals surface area (Å²) in [6, 6.07) is 1.77. The first-order chi connectivity index (χ1) is 9.50. The predicted molar refractivity (Wildman–Crippen MR) is 77.7 cm³/mol. The van der Waals surface area contributed by atoms with Crippen LogP contribution in [0.2, 0.25) is 5.02 Å². The van der Waals surface area contributed by atoms with Crippen LogP contribution < -0.4 is 4.72 Å². The number of sulfonamides is 1. The summed E-state index contributed by atoms with van der Waals surface area (Å²) in [5, 5.41) is 8.72. The molecular weight excluding hydrogens is 321 g/mol. The van der Waals surface area contributed by atoms with E-state index in [-0.39, 0.29) is 5.02 Å². The molecule has 0 aliphatic rings. The summed E-state index contributed by atoms with van der Waals surface area (Å²) >= 11 is 5.68. The summed E-state index contributed by atoms with van der Waals surface area (Å²) in [5.41, 5.74) is -1.57. The molecule has 0 aliphatic carbocycles. The van der Waals surface area contributed by atoms with Gasteiger partial charge in [0.25, 0.3) is 0 Å². The molecule has 1 rings (SSSR count). The third kappa shape index (κ3) is 4.39. The number of rotatable bonds is 6. The zero-order valence-corrected chi connectivity index (χ0v) is 13.5. The number of hydrogen-bond acceptors (Lipinski definition) is 3. The topological polar surface area (TPSA) is 83.5 Å². The van der Waals surface area contributed by atoms with Gasteiger partial charge in [0.2, 0.25) is 10.0 Å². The Balaban J connectivity index is 3.36. The fourth-order valence-electron chi connectivity index (χ4n) is 2.01. The summed E-state index contributed by atoms with van der Waals surface area (Å²) in [4.78, 5) is 10.2. The summed E-state index contributed by atoms with van der Waals surface area (Å²) in [6.07, 6.45) is 1.27. The largest absolute Gasteiger partial charge is 0.478 e. The van der Waals surface area contributed by atoms with Crippen LogP contribution in [-0.2, 0) is 10.0 Å². The molecule has 0 unspecified atom stereocenters. The minimum atomic E-state index is -4.22. The Labute approximate surface area is 128 Å². The van der Waals surface area contributed by atoms with E-state index < -0.39 is 37.8 Å². The molecule has 0 saturated carbocycles. The number of nitrogens with one attached hydrogen (secondary N) is 1. The Morgan fingerprint density at radius 1 is 1.43 bits per heavy atom. The van der Waals surface area contributed by atoms with E-state index in [1.165, 1.54) is 0 Å². The SMILES string of the molecule is CCCC(C)(C)NS(=O)(=O)c1cc(Cl)cc(C(=O)O)c1F. The molecular formula is C13H17ClFNO4S. The normalized spacial score (nSPS) is 12.4. The highest BCUT2D eigenvalue weighted by Crippen LogP contribution is 2.25. The quantitative estimate of drug-likeness (QED) is 0.835. The Kier molecular flexibility index (Phi) is 5.35. The van der Waals surface area contributed by atoms with Gasteiger partial charge in [0.05, 0.1) is 5.56 Å². The summed E-state index contributed by atoms with van der Waals surface area (Å²) in [7, 11) is -4.22. The minimum Gasteiger partial charge on any atom is -0.478 e. The van der Waals surface area contributed by atoms with Gasteiger partial charge < -0.3 is 5.11 Å². The highest BCUT2D eigenvalue weighted by molar-refractivity contribution is 7.89. The average molecular weight is 338 g/mol. The number of benzene rings is 1. The maximum Gasteiger partial charge on any atom is 0.338 e. The van der Waals surface area contributed by atoms with Crippen molar-refractivity contribution in [3.8, 4) is 0 Å². The molecule has 1 aromatic carbocycles. The zero-order valence-electron chi connectivity index (χ0n) is 11.9. The van der Waals surface area contributed by atoms with Crippen molar-refractivity contribution in [3.63, 3.8) is 0 Å². The van der Waals surface area contributed by atoms with Crippen LogP contribution in [0, 0.1) is 5.82 Å². The Hall–Kier alpha value is -1.18. The first kappa shape index (κ1) is 17.9. The van der Waals surface area contributed by atoms with Crippen LogP contribution in [0.5, 0.6) is 0 Å². The Bertz CT molecular complexity index is 658. The summed E-state index contributed by atoms with van der Waals surface area (Å²) < 4.78 is 41.0. The van der Waals surface area contributed by atoms with Gasteiger partial charge in [-0.05, 0) is 32.4 Å². The number of hydrogen-bond donors (Lipinski definition) is 2. The van der Waals surface area contributed by atoms with Gasteiger partial charge in [0.1, 0.15) is 4.90 Å². The molecule has 0 heterocycles.